The van der Waals surface area contributed by atoms with Crippen molar-refractivity contribution in [2.24, 2.45) is 0 Å². The van der Waals surface area contributed by atoms with Crippen LogP contribution in [-0.4, -0.2) is 36.8 Å². The molecule has 0 aliphatic carbocycles. The maximum atomic E-state index is 11.9. The average molecular weight is 457 g/mol. The summed E-state index contributed by atoms with van der Waals surface area (Å²) >= 11 is 0. The third kappa shape index (κ3) is 18.4. The van der Waals surface area contributed by atoms with Crippen LogP contribution in [0.1, 0.15) is 97.3 Å². The standard InChI is InChI=1S/C21H38O7S.Na/c1-3-5-7-8-9-10-11-12-13-14-15-17-28-21(23)19(29(24,25)26)18-20(22)27-16-6-4-2;/h6,16,19H,3-5,7-15,17-18H2,1-2H3,(H,24,25,26);/q;+1/p-1/b16-6+;. The predicted octanol–water partition coefficient (Wildman–Crippen LogP) is 1.62. The summed E-state index contributed by atoms with van der Waals surface area (Å²) in [6.07, 6.45) is 14.9. The zero-order valence-corrected chi connectivity index (χ0v) is 21.7. The summed E-state index contributed by atoms with van der Waals surface area (Å²) in [5, 5.41) is -2.07. The summed E-state index contributed by atoms with van der Waals surface area (Å²) in [5.74, 6) is -2.16. The van der Waals surface area contributed by atoms with Crippen molar-refractivity contribution >= 4 is 22.1 Å². The van der Waals surface area contributed by atoms with Crippen LogP contribution in [0.5, 0.6) is 0 Å². The molecule has 0 bridgehead atoms. The molecular weight excluding hydrogens is 419 g/mol. The van der Waals surface area contributed by atoms with Crippen molar-refractivity contribution in [3.05, 3.63) is 12.3 Å². The zero-order chi connectivity index (χ0) is 22.0. The first kappa shape index (κ1) is 31.8. The Bertz CT molecular complexity index is 576. The van der Waals surface area contributed by atoms with E-state index >= 15 is 0 Å². The molecule has 0 N–H and O–H groups in total. The molecule has 7 nitrogen and oxygen atoms in total. The number of unbranched alkanes of at least 4 members (excludes halogenated alkanes) is 10. The Labute approximate surface area is 204 Å². The Kier molecular flexibility index (Phi) is 21.7. The van der Waals surface area contributed by atoms with E-state index in [0.717, 1.165) is 25.5 Å². The number of carbonyl (C=O) groups excluding carboxylic acids is 2. The summed E-state index contributed by atoms with van der Waals surface area (Å²) in [7, 11) is -5.01. The number of esters is 2. The molecule has 170 valence electrons. The van der Waals surface area contributed by atoms with E-state index in [2.05, 4.69) is 11.7 Å². The van der Waals surface area contributed by atoms with Gasteiger partial charge in [0.2, 0.25) is 0 Å². The molecule has 0 aliphatic heterocycles. The van der Waals surface area contributed by atoms with Gasteiger partial charge >= 0.3 is 41.5 Å². The molecule has 1 atom stereocenters. The van der Waals surface area contributed by atoms with Crippen LogP contribution < -0.4 is 29.6 Å². The van der Waals surface area contributed by atoms with E-state index in [1.807, 2.05) is 6.92 Å². The molecule has 30 heavy (non-hydrogen) atoms. The third-order valence-electron chi connectivity index (χ3n) is 4.49. The molecule has 0 rings (SSSR count). The molecule has 0 aliphatic rings. The van der Waals surface area contributed by atoms with Crippen LogP contribution in [0.4, 0.5) is 0 Å². The molecule has 0 saturated heterocycles. The van der Waals surface area contributed by atoms with Crippen molar-refractivity contribution in [1.29, 1.82) is 0 Å². The van der Waals surface area contributed by atoms with E-state index in [0.29, 0.717) is 12.8 Å². The summed E-state index contributed by atoms with van der Waals surface area (Å²) in [5.41, 5.74) is 0. The smallest absolute Gasteiger partial charge is 0.747 e. The van der Waals surface area contributed by atoms with Gasteiger partial charge in [0.1, 0.15) is 10.1 Å². The topological polar surface area (TPSA) is 110 Å². The van der Waals surface area contributed by atoms with Gasteiger partial charge in [0, 0.05) is 0 Å². The molecule has 0 aromatic carbocycles. The molecule has 0 heterocycles. The van der Waals surface area contributed by atoms with Crippen LogP contribution in [0, 0.1) is 0 Å². The van der Waals surface area contributed by atoms with Gasteiger partial charge in [0.05, 0.1) is 19.3 Å². The maximum absolute atomic E-state index is 11.9. The van der Waals surface area contributed by atoms with Crippen LogP contribution in [0.15, 0.2) is 12.3 Å². The zero-order valence-electron chi connectivity index (χ0n) is 18.9. The first-order valence-corrected chi connectivity index (χ1v) is 12.3. The first-order chi connectivity index (χ1) is 13.8. The first-order valence-electron chi connectivity index (χ1n) is 10.8. The summed E-state index contributed by atoms with van der Waals surface area (Å²) in [6.45, 7) is 4.06. The SMILES string of the molecule is CC/C=C/OC(=O)CC(C(=O)OCCCCCCCCCCCCC)S(=O)(=O)[O-].[Na+]. The molecular formula is C21H37NaO7S. The Morgan fingerprint density at radius 3 is 1.87 bits per heavy atom. The summed E-state index contributed by atoms with van der Waals surface area (Å²) in [6, 6.07) is 0. The molecule has 9 heteroatoms. The van der Waals surface area contributed by atoms with E-state index in [4.69, 9.17) is 4.74 Å². The van der Waals surface area contributed by atoms with Gasteiger partial charge in [0.15, 0.2) is 5.25 Å². The Morgan fingerprint density at radius 1 is 0.900 bits per heavy atom. The maximum Gasteiger partial charge on any atom is 1.00 e. The predicted molar refractivity (Wildman–Crippen MR) is 111 cm³/mol. The van der Waals surface area contributed by atoms with Crippen molar-refractivity contribution in [3.63, 3.8) is 0 Å². The van der Waals surface area contributed by atoms with Crippen molar-refractivity contribution in [2.75, 3.05) is 6.61 Å². The molecule has 0 spiro atoms. The molecule has 1 unspecified atom stereocenters. The van der Waals surface area contributed by atoms with Gasteiger partial charge in [-0.25, -0.2) is 8.42 Å². The van der Waals surface area contributed by atoms with E-state index in [1.165, 1.54) is 44.9 Å². The van der Waals surface area contributed by atoms with E-state index in [9.17, 15) is 22.6 Å². The third-order valence-corrected chi connectivity index (χ3v) is 5.54. The van der Waals surface area contributed by atoms with Gasteiger partial charge in [-0.2, -0.15) is 0 Å². The van der Waals surface area contributed by atoms with Gasteiger partial charge in [-0.15, -0.1) is 0 Å². The molecule has 0 fully saturated rings. The molecule has 0 aromatic heterocycles. The number of carbonyl (C=O) groups is 2. The number of allylic oxidation sites excluding steroid dienone is 1. The Balaban J connectivity index is 0. The van der Waals surface area contributed by atoms with Crippen LogP contribution >= 0.6 is 0 Å². The minimum Gasteiger partial charge on any atom is -0.747 e. The van der Waals surface area contributed by atoms with Crippen LogP contribution in [0.3, 0.4) is 0 Å². The second-order valence-electron chi connectivity index (χ2n) is 7.16. The number of hydrogen-bond acceptors (Lipinski definition) is 7. The largest absolute Gasteiger partial charge is 1.00 e. The minimum absolute atomic E-state index is 0. The fourth-order valence-corrected chi connectivity index (χ4v) is 3.40. The number of rotatable bonds is 18. The molecule has 0 aromatic rings. The van der Waals surface area contributed by atoms with E-state index in [1.54, 1.807) is 6.08 Å². The van der Waals surface area contributed by atoms with Gasteiger partial charge in [-0.1, -0.05) is 78.1 Å². The summed E-state index contributed by atoms with van der Waals surface area (Å²) < 4.78 is 43.4. The van der Waals surface area contributed by atoms with Crippen molar-refractivity contribution in [3.8, 4) is 0 Å². The van der Waals surface area contributed by atoms with Crippen LogP contribution in [0.2, 0.25) is 0 Å². The molecule has 0 radical (unpaired) electrons. The Hall–Kier alpha value is -0.410. The van der Waals surface area contributed by atoms with Crippen molar-refractivity contribution < 1.29 is 61.6 Å². The monoisotopic (exact) mass is 456 g/mol. The average Bonchev–Trinajstić information content (AvgIpc) is 2.66. The summed E-state index contributed by atoms with van der Waals surface area (Å²) in [4.78, 5) is 23.5. The second-order valence-corrected chi connectivity index (χ2v) is 8.71. The van der Waals surface area contributed by atoms with Gasteiger partial charge in [0.25, 0.3) is 0 Å². The van der Waals surface area contributed by atoms with Crippen molar-refractivity contribution in [2.45, 2.75) is 103 Å². The molecule has 0 saturated carbocycles. The number of hydrogen-bond donors (Lipinski definition) is 0. The normalized spacial score (nSPS) is 12.4. The van der Waals surface area contributed by atoms with Gasteiger partial charge in [-0.05, 0) is 18.9 Å². The minimum atomic E-state index is -5.01. The Morgan fingerprint density at radius 2 is 1.40 bits per heavy atom. The quantitative estimate of drug-likeness (QED) is 0.101. The van der Waals surface area contributed by atoms with Gasteiger partial charge < -0.3 is 14.0 Å². The molecule has 0 amide bonds. The van der Waals surface area contributed by atoms with Crippen LogP contribution in [-0.2, 0) is 29.2 Å². The fraction of sp³-hybridized carbons (Fsp3) is 0.810. The van der Waals surface area contributed by atoms with E-state index < -0.39 is 33.7 Å². The van der Waals surface area contributed by atoms with Gasteiger partial charge in [-0.3, -0.25) is 9.59 Å². The van der Waals surface area contributed by atoms with E-state index in [-0.39, 0.29) is 36.2 Å². The number of ether oxygens (including phenoxy) is 2. The van der Waals surface area contributed by atoms with Crippen LogP contribution in [0.25, 0.3) is 0 Å². The van der Waals surface area contributed by atoms with Crippen molar-refractivity contribution in [1.82, 2.24) is 0 Å². The second kappa shape index (κ2) is 20.5. The fourth-order valence-electron chi connectivity index (χ4n) is 2.75.